The van der Waals surface area contributed by atoms with Gasteiger partial charge in [-0.2, -0.15) is 0 Å². The molecule has 1 heterocycles. The fraction of sp³-hybridized carbons (Fsp3) is 0.200. The highest BCUT2D eigenvalue weighted by atomic mass is 32.1. The van der Waals surface area contributed by atoms with Gasteiger partial charge >= 0.3 is 0 Å². The zero-order valence-electron chi connectivity index (χ0n) is 14.2. The molecule has 0 aliphatic rings. The Labute approximate surface area is 151 Å². The second-order valence-corrected chi connectivity index (χ2v) is 6.16. The lowest BCUT2D eigenvalue weighted by atomic mass is 10.0. The highest BCUT2D eigenvalue weighted by molar-refractivity contribution is 7.11. The molecule has 25 heavy (non-hydrogen) atoms. The Morgan fingerprint density at radius 2 is 1.64 bits per heavy atom. The van der Waals surface area contributed by atoms with Gasteiger partial charge in [-0.15, -0.1) is 11.3 Å². The second-order valence-electron chi connectivity index (χ2n) is 5.27. The fourth-order valence-corrected chi connectivity index (χ4v) is 3.24. The summed E-state index contributed by atoms with van der Waals surface area (Å²) in [5.41, 5.74) is 3.58. The van der Waals surface area contributed by atoms with E-state index in [1.165, 1.54) is 11.3 Å². The van der Waals surface area contributed by atoms with Crippen LogP contribution in [0.15, 0.2) is 47.8 Å². The van der Waals surface area contributed by atoms with Gasteiger partial charge in [-0.25, -0.2) is 4.98 Å². The molecule has 0 N–H and O–H groups in total. The van der Waals surface area contributed by atoms with E-state index in [4.69, 9.17) is 9.47 Å². The third-order valence-electron chi connectivity index (χ3n) is 3.66. The molecule has 0 atom stereocenters. The van der Waals surface area contributed by atoms with E-state index in [1.807, 2.05) is 61.7 Å². The summed E-state index contributed by atoms with van der Waals surface area (Å²) in [7, 11) is 0. The van der Waals surface area contributed by atoms with Gasteiger partial charge in [0, 0.05) is 16.5 Å². The molecular formula is C20H19NO3S. The van der Waals surface area contributed by atoms with E-state index in [-0.39, 0.29) is 0 Å². The van der Waals surface area contributed by atoms with Crippen LogP contribution >= 0.6 is 11.3 Å². The predicted octanol–water partition coefficient (Wildman–Crippen LogP) is 5.09. The molecule has 0 fully saturated rings. The number of benzene rings is 2. The number of nitrogens with zero attached hydrogens (tertiary/aromatic N) is 1. The van der Waals surface area contributed by atoms with Gasteiger partial charge in [0.15, 0.2) is 11.3 Å². The van der Waals surface area contributed by atoms with Gasteiger partial charge in [-0.05, 0) is 31.5 Å². The fourth-order valence-electron chi connectivity index (χ4n) is 2.62. The predicted molar refractivity (Wildman–Crippen MR) is 101 cm³/mol. The van der Waals surface area contributed by atoms with E-state index in [0.29, 0.717) is 18.2 Å². The molecule has 3 rings (SSSR count). The molecule has 0 aliphatic heterocycles. The van der Waals surface area contributed by atoms with Crippen LogP contribution in [-0.4, -0.2) is 24.5 Å². The Morgan fingerprint density at radius 1 is 1.00 bits per heavy atom. The number of aldehydes is 1. The zero-order valence-corrected chi connectivity index (χ0v) is 15.0. The largest absolute Gasteiger partial charge is 0.493 e. The summed E-state index contributed by atoms with van der Waals surface area (Å²) >= 11 is 1.32. The maximum atomic E-state index is 11.0. The van der Waals surface area contributed by atoms with Crippen molar-refractivity contribution in [2.24, 2.45) is 0 Å². The van der Waals surface area contributed by atoms with E-state index in [1.54, 1.807) is 0 Å². The zero-order chi connectivity index (χ0) is 17.6. The van der Waals surface area contributed by atoms with Crippen LogP contribution in [0.25, 0.3) is 22.4 Å². The first kappa shape index (κ1) is 17.2. The first-order chi connectivity index (χ1) is 12.3. The summed E-state index contributed by atoms with van der Waals surface area (Å²) in [5.74, 6) is 1.50. The molecule has 0 aliphatic carbocycles. The highest BCUT2D eigenvalue weighted by Crippen LogP contribution is 2.41. The van der Waals surface area contributed by atoms with Gasteiger partial charge in [-0.1, -0.05) is 30.3 Å². The molecule has 1 aromatic heterocycles. The summed E-state index contributed by atoms with van der Waals surface area (Å²) in [4.78, 5) is 15.3. The lowest BCUT2D eigenvalue weighted by Crippen LogP contribution is -1.99. The monoisotopic (exact) mass is 353 g/mol. The van der Waals surface area contributed by atoms with Crippen molar-refractivity contribution in [3.63, 3.8) is 0 Å². The van der Waals surface area contributed by atoms with Crippen molar-refractivity contribution < 1.29 is 14.3 Å². The number of hydrogen-bond donors (Lipinski definition) is 0. The van der Waals surface area contributed by atoms with E-state index in [2.05, 4.69) is 4.98 Å². The lowest BCUT2D eigenvalue weighted by Gasteiger charge is -2.16. The standard InChI is InChI=1S/C20H19NO3S/c1-3-23-18-11-16(17-13-25-20(12-22)21-17)19(24-4-2)10-15(18)14-8-6-5-7-9-14/h5-13H,3-4H2,1-2H3. The molecule has 0 radical (unpaired) electrons. The number of thiazole rings is 1. The second kappa shape index (κ2) is 7.94. The smallest absolute Gasteiger partial charge is 0.178 e. The highest BCUT2D eigenvalue weighted by Gasteiger charge is 2.17. The molecule has 4 nitrogen and oxygen atoms in total. The minimum atomic E-state index is 0.447. The number of aromatic nitrogens is 1. The Bertz CT molecular complexity index is 859. The summed E-state index contributed by atoms with van der Waals surface area (Å²) in [6, 6.07) is 14.0. The van der Waals surface area contributed by atoms with Crippen molar-refractivity contribution in [2.75, 3.05) is 13.2 Å². The molecular weight excluding hydrogens is 334 g/mol. The maximum Gasteiger partial charge on any atom is 0.178 e. The minimum absolute atomic E-state index is 0.447. The topological polar surface area (TPSA) is 48.4 Å². The van der Waals surface area contributed by atoms with Crippen LogP contribution < -0.4 is 9.47 Å². The Morgan fingerprint density at radius 3 is 2.24 bits per heavy atom. The number of carbonyl (C=O) groups is 1. The Hall–Kier alpha value is -2.66. The molecule has 0 bridgehead atoms. The van der Waals surface area contributed by atoms with Crippen LogP contribution in [0.4, 0.5) is 0 Å². The average molecular weight is 353 g/mol. The summed E-state index contributed by atoms with van der Waals surface area (Å²) in [6.45, 7) is 5.00. The van der Waals surface area contributed by atoms with Crippen LogP contribution in [0.5, 0.6) is 11.5 Å². The first-order valence-electron chi connectivity index (χ1n) is 8.17. The van der Waals surface area contributed by atoms with Crippen molar-refractivity contribution in [3.8, 4) is 33.9 Å². The van der Waals surface area contributed by atoms with Gasteiger partial charge in [0.25, 0.3) is 0 Å². The van der Waals surface area contributed by atoms with Crippen LogP contribution in [0, 0.1) is 0 Å². The third-order valence-corrected chi connectivity index (χ3v) is 4.44. The van der Waals surface area contributed by atoms with E-state index in [0.717, 1.165) is 40.2 Å². The van der Waals surface area contributed by atoms with Gasteiger partial charge in [0.2, 0.25) is 0 Å². The molecule has 2 aromatic carbocycles. The summed E-state index contributed by atoms with van der Waals surface area (Å²) < 4.78 is 11.7. The van der Waals surface area contributed by atoms with E-state index >= 15 is 0 Å². The van der Waals surface area contributed by atoms with Gasteiger partial charge in [0.05, 0.1) is 18.9 Å². The third kappa shape index (κ3) is 3.72. The van der Waals surface area contributed by atoms with Crippen LogP contribution in [-0.2, 0) is 0 Å². The van der Waals surface area contributed by atoms with Gasteiger partial charge in [0.1, 0.15) is 11.5 Å². The van der Waals surface area contributed by atoms with Crippen LogP contribution in [0.3, 0.4) is 0 Å². The molecule has 3 aromatic rings. The lowest BCUT2D eigenvalue weighted by molar-refractivity contribution is 0.112. The van der Waals surface area contributed by atoms with Crippen molar-refractivity contribution in [2.45, 2.75) is 13.8 Å². The molecule has 0 saturated carbocycles. The van der Waals surface area contributed by atoms with Crippen molar-refractivity contribution in [3.05, 3.63) is 52.9 Å². The Balaban J connectivity index is 2.17. The SMILES string of the molecule is CCOc1cc(-c2csc(C=O)n2)c(OCC)cc1-c1ccccc1. The van der Waals surface area contributed by atoms with E-state index in [9.17, 15) is 4.79 Å². The first-order valence-corrected chi connectivity index (χ1v) is 9.04. The van der Waals surface area contributed by atoms with E-state index < -0.39 is 0 Å². The van der Waals surface area contributed by atoms with Crippen molar-refractivity contribution >= 4 is 17.6 Å². The summed E-state index contributed by atoms with van der Waals surface area (Å²) in [5, 5.41) is 2.31. The maximum absolute atomic E-state index is 11.0. The average Bonchev–Trinajstić information content (AvgIpc) is 3.13. The molecule has 0 saturated heterocycles. The van der Waals surface area contributed by atoms with Gasteiger partial charge < -0.3 is 9.47 Å². The number of carbonyl (C=O) groups excluding carboxylic acids is 1. The molecule has 128 valence electrons. The normalized spacial score (nSPS) is 10.5. The van der Waals surface area contributed by atoms with Crippen LogP contribution in [0.1, 0.15) is 23.6 Å². The number of ether oxygens (including phenoxy) is 2. The molecule has 0 spiro atoms. The molecule has 5 heteroatoms. The Kier molecular flexibility index (Phi) is 5.46. The van der Waals surface area contributed by atoms with Crippen molar-refractivity contribution in [1.29, 1.82) is 0 Å². The van der Waals surface area contributed by atoms with Crippen LogP contribution in [0.2, 0.25) is 0 Å². The minimum Gasteiger partial charge on any atom is -0.493 e. The molecule has 0 amide bonds. The summed E-state index contributed by atoms with van der Waals surface area (Å²) in [6.07, 6.45) is 0.760. The van der Waals surface area contributed by atoms with Crippen molar-refractivity contribution in [1.82, 2.24) is 4.98 Å². The molecule has 0 unspecified atom stereocenters. The number of hydrogen-bond acceptors (Lipinski definition) is 5. The quantitative estimate of drug-likeness (QED) is 0.555. The van der Waals surface area contributed by atoms with Gasteiger partial charge in [-0.3, -0.25) is 4.79 Å². The number of rotatable bonds is 7.